The summed E-state index contributed by atoms with van der Waals surface area (Å²) in [6.07, 6.45) is 0. The Balaban J connectivity index is 2.17. The van der Waals surface area contributed by atoms with Crippen molar-refractivity contribution < 1.29 is 27.4 Å². The molecule has 0 saturated carbocycles. The van der Waals surface area contributed by atoms with E-state index in [0.717, 1.165) is 23.1 Å². The zero-order valence-electron chi connectivity index (χ0n) is 19.2. The zero-order chi connectivity index (χ0) is 25.6. The molecule has 2 aromatic rings. The van der Waals surface area contributed by atoms with E-state index < -0.39 is 63.2 Å². The maximum absolute atomic E-state index is 13.7. The lowest BCUT2D eigenvalue weighted by molar-refractivity contribution is -0.126. The van der Waals surface area contributed by atoms with Gasteiger partial charge in [0.25, 0.3) is 0 Å². The molecule has 2 rings (SSSR count). The van der Waals surface area contributed by atoms with Gasteiger partial charge in [-0.05, 0) is 70.2 Å². The van der Waals surface area contributed by atoms with Crippen molar-refractivity contribution in [1.29, 1.82) is 0 Å². The van der Waals surface area contributed by atoms with Crippen molar-refractivity contribution in [3.63, 3.8) is 0 Å². The van der Waals surface area contributed by atoms with Gasteiger partial charge in [-0.2, -0.15) is 0 Å². The van der Waals surface area contributed by atoms with Gasteiger partial charge in [0.2, 0.25) is 17.7 Å². The van der Waals surface area contributed by atoms with Crippen molar-refractivity contribution in [2.24, 2.45) is 0 Å². The zero-order valence-corrected chi connectivity index (χ0v) is 20.7. The van der Waals surface area contributed by atoms with Crippen LogP contribution in [-0.4, -0.2) is 45.0 Å². The van der Waals surface area contributed by atoms with Gasteiger partial charge >= 0.3 is 0 Å². The van der Waals surface area contributed by atoms with Crippen LogP contribution in [0.4, 0.5) is 20.2 Å². The fourth-order valence-electron chi connectivity index (χ4n) is 2.94. The van der Waals surface area contributed by atoms with Crippen molar-refractivity contribution in [3.05, 3.63) is 59.1 Å². The van der Waals surface area contributed by atoms with Gasteiger partial charge in [0.15, 0.2) is 0 Å². The smallest absolute Gasteiger partial charge is 0.243 e. The molecule has 0 aromatic heterocycles. The third kappa shape index (κ3) is 8.18. The summed E-state index contributed by atoms with van der Waals surface area (Å²) in [5, 5.41) is 4.98. The summed E-state index contributed by atoms with van der Waals surface area (Å²) < 4.78 is 39.2. The quantitative estimate of drug-likeness (QED) is 0.563. The maximum Gasteiger partial charge on any atom is 0.243 e. The molecule has 2 aromatic carbocycles. The van der Waals surface area contributed by atoms with E-state index in [0.29, 0.717) is 5.69 Å². The fourth-order valence-corrected chi connectivity index (χ4v) is 4.00. The highest BCUT2D eigenvalue weighted by atomic mass is 35.5. The highest BCUT2D eigenvalue weighted by Gasteiger charge is 2.31. The van der Waals surface area contributed by atoms with Gasteiger partial charge < -0.3 is 10.6 Å². The van der Waals surface area contributed by atoms with Crippen molar-refractivity contribution in [3.8, 4) is 0 Å². The molecule has 0 radical (unpaired) electrons. The molecule has 2 N–H and O–H groups in total. The molecule has 0 spiro atoms. The molecule has 0 heterocycles. The van der Waals surface area contributed by atoms with Crippen LogP contribution in [0.2, 0.25) is 5.02 Å². The number of hydrogen-bond acceptors (Lipinski definition) is 4. The van der Waals surface area contributed by atoms with Gasteiger partial charge in [-0.15, -0.1) is 0 Å². The number of carbonyl (C=O) groups is 3. The third-order valence-electron chi connectivity index (χ3n) is 4.42. The van der Waals surface area contributed by atoms with Crippen LogP contribution in [0.3, 0.4) is 0 Å². The number of rotatable bonds is 8. The lowest BCUT2D eigenvalue weighted by Crippen LogP contribution is -2.53. The van der Waals surface area contributed by atoms with E-state index in [1.165, 1.54) is 31.2 Å². The summed E-state index contributed by atoms with van der Waals surface area (Å²) in [5.74, 6) is -4.08. The topological polar surface area (TPSA) is 95.6 Å². The van der Waals surface area contributed by atoms with E-state index in [9.17, 15) is 27.4 Å². The minimum Gasteiger partial charge on any atom is -0.350 e. The largest absolute Gasteiger partial charge is 0.350 e. The fraction of sp³-hybridized carbons (Fsp3) is 0.348. The van der Waals surface area contributed by atoms with Gasteiger partial charge in [-0.1, -0.05) is 11.6 Å². The third-order valence-corrected chi connectivity index (χ3v) is 5.86. The molecule has 34 heavy (non-hydrogen) atoms. The van der Waals surface area contributed by atoms with E-state index in [-0.39, 0.29) is 10.7 Å². The van der Waals surface area contributed by atoms with Crippen molar-refractivity contribution in [2.45, 2.75) is 39.3 Å². The Morgan fingerprint density at radius 1 is 1.06 bits per heavy atom. The van der Waals surface area contributed by atoms with Crippen molar-refractivity contribution in [1.82, 2.24) is 5.32 Å². The van der Waals surface area contributed by atoms with Gasteiger partial charge in [0, 0.05) is 27.7 Å². The molecule has 3 amide bonds. The van der Waals surface area contributed by atoms with Crippen LogP contribution in [0.25, 0.3) is 0 Å². The second-order valence-electron chi connectivity index (χ2n) is 8.56. The van der Waals surface area contributed by atoms with Crippen LogP contribution < -0.4 is 15.5 Å². The Bertz CT molecular complexity index is 1090. The molecule has 0 unspecified atom stereocenters. The molecule has 11 heteroatoms. The Labute approximate surface area is 204 Å². The van der Waals surface area contributed by atoms with Crippen LogP contribution in [0.1, 0.15) is 27.7 Å². The van der Waals surface area contributed by atoms with Gasteiger partial charge in [-0.3, -0.25) is 23.5 Å². The first-order valence-electron chi connectivity index (χ1n) is 10.3. The van der Waals surface area contributed by atoms with Crippen LogP contribution in [0, 0.1) is 11.6 Å². The summed E-state index contributed by atoms with van der Waals surface area (Å²) in [4.78, 5) is 39.1. The summed E-state index contributed by atoms with van der Waals surface area (Å²) in [6, 6.07) is 7.49. The molecule has 0 aliphatic heterocycles. The number of benzene rings is 2. The number of amides is 3. The van der Waals surface area contributed by atoms with Crippen molar-refractivity contribution >= 4 is 51.5 Å². The predicted molar refractivity (Wildman–Crippen MR) is 129 cm³/mol. The van der Waals surface area contributed by atoms with Gasteiger partial charge in [0.05, 0.1) is 5.02 Å². The monoisotopic (exact) mass is 513 g/mol. The van der Waals surface area contributed by atoms with Crippen LogP contribution in [-0.2, 0) is 25.2 Å². The summed E-state index contributed by atoms with van der Waals surface area (Å²) in [7, 11) is -1.93. The summed E-state index contributed by atoms with van der Waals surface area (Å²) >= 11 is 5.86. The highest BCUT2D eigenvalue weighted by Crippen LogP contribution is 2.25. The first-order valence-corrected chi connectivity index (χ1v) is 12.1. The number of nitrogens with one attached hydrogen (secondary N) is 2. The second kappa shape index (κ2) is 11.5. The van der Waals surface area contributed by atoms with E-state index in [1.54, 1.807) is 20.8 Å². The molecule has 7 nitrogen and oxygen atoms in total. The summed E-state index contributed by atoms with van der Waals surface area (Å²) in [5.41, 5.74) is -0.132. The highest BCUT2D eigenvalue weighted by molar-refractivity contribution is 7.86. The average Bonchev–Trinajstić information content (AvgIpc) is 2.71. The molecule has 184 valence electrons. The first-order chi connectivity index (χ1) is 15.8. The van der Waals surface area contributed by atoms with Gasteiger partial charge in [-0.25, -0.2) is 8.78 Å². The molecular formula is C23H26ClF2N3O4S. The minimum atomic E-state index is -1.93. The SMILES string of the molecule is C[C@H](C(=O)NC(C)(C)C)N(C(=O)C[S@](=O)CC(=O)Nc1ccc(F)cc1)c1ccc(F)c(Cl)c1. The maximum atomic E-state index is 13.7. The number of nitrogens with zero attached hydrogens (tertiary/aromatic N) is 1. The Kier molecular flexibility index (Phi) is 9.29. The molecule has 0 fully saturated rings. The number of anilines is 2. The molecule has 0 bridgehead atoms. The standard InChI is InChI=1S/C23H26ClF2N3O4S/c1-14(22(32)28-23(2,3)4)29(17-9-10-19(26)18(24)11-17)21(31)13-34(33)12-20(30)27-16-7-5-15(25)6-8-16/h5-11,14H,12-13H2,1-4H3,(H,27,30)(H,28,32)/t14-,34-/m1/s1. The van der Waals surface area contributed by atoms with E-state index in [1.807, 2.05) is 0 Å². The Morgan fingerprint density at radius 2 is 1.68 bits per heavy atom. The average molecular weight is 514 g/mol. The lowest BCUT2D eigenvalue weighted by Gasteiger charge is -2.31. The Morgan fingerprint density at radius 3 is 2.24 bits per heavy atom. The number of carbonyl (C=O) groups excluding carboxylic acids is 3. The molecule has 0 aliphatic carbocycles. The van der Waals surface area contributed by atoms with E-state index in [4.69, 9.17) is 11.6 Å². The van der Waals surface area contributed by atoms with Crippen molar-refractivity contribution in [2.75, 3.05) is 21.7 Å². The van der Waals surface area contributed by atoms with E-state index >= 15 is 0 Å². The lowest BCUT2D eigenvalue weighted by atomic mass is 10.1. The predicted octanol–water partition coefficient (Wildman–Crippen LogP) is 3.64. The molecule has 2 atom stereocenters. The van der Waals surface area contributed by atoms with Crippen LogP contribution in [0.5, 0.6) is 0 Å². The molecular weight excluding hydrogens is 488 g/mol. The number of halogens is 3. The van der Waals surface area contributed by atoms with Gasteiger partial charge in [0.1, 0.15) is 29.2 Å². The Hall–Kier alpha value is -2.85. The second-order valence-corrected chi connectivity index (χ2v) is 10.4. The minimum absolute atomic E-state index is 0.140. The summed E-state index contributed by atoms with van der Waals surface area (Å²) in [6.45, 7) is 6.79. The van der Waals surface area contributed by atoms with E-state index in [2.05, 4.69) is 10.6 Å². The first kappa shape index (κ1) is 27.4. The molecule has 0 aliphatic rings. The van der Waals surface area contributed by atoms with Crippen LogP contribution >= 0.6 is 11.6 Å². The normalized spacial score (nSPS) is 13.0. The number of hydrogen-bond donors (Lipinski definition) is 2. The van der Waals surface area contributed by atoms with Crippen LogP contribution in [0.15, 0.2) is 42.5 Å². The molecule has 0 saturated heterocycles.